The van der Waals surface area contributed by atoms with Crippen LogP contribution in [-0.2, 0) is 0 Å². The van der Waals surface area contributed by atoms with Gasteiger partial charge in [0.15, 0.2) is 0 Å². The smallest absolute Gasteiger partial charge is 0.120 e. The van der Waals surface area contributed by atoms with E-state index in [1.165, 1.54) is 11.1 Å². The molecular weight excluding hydrogens is 330 g/mol. The lowest BCUT2D eigenvalue weighted by Gasteiger charge is -2.23. The number of benzene rings is 4. The molecule has 0 aliphatic carbocycles. The first-order valence-electron chi connectivity index (χ1n) is 9.18. The maximum Gasteiger partial charge on any atom is 0.120 e. The van der Waals surface area contributed by atoms with Crippen molar-refractivity contribution in [3.05, 3.63) is 108 Å². The Morgan fingerprint density at radius 1 is 0.667 bits per heavy atom. The molecule has 0 radical (unpaired) electrons. The van der Waals surface area contributed by atoms with Gasteiger partial charge in [0.25, 0.3) is 0 Å². The van der Waals surface area contributed by atoms with Crippen LogP contribution < -0.4 is 4.90 Å². The van der Waals surface area contributed by atoms with Gasteiger partial charge < -0.3 is 10.0 Å². The molecule has 4 rings (SSSR count). The van der Waals surface area contributed by atoms with Crippen LogP contribution >= 0.6 is 0 Å². The summed E-state index contributed by atoms with van der Waals surface area (Å²) in [6, 6.07) is 31.0. The van der Waals surface area contributed by atoms with E-state index in [-0.39, 0.29) is 5.92 Å². The van der Waals surface area contributed by atoms with Crippen LogP contribution in [0.3, 0.4) is 0 Å². The van der Waals surface area contributed by atoms with Crippen LogP contribution in [0, 0.1) is 0 Å². The van der Waals surface area contributed by atoms with E-state index in [9.17, 15) is 5.11 Å². The molecule has 0 spiro atoms. The zero-order valence-corrected chi connectivity index (χ0v) is 15.6. The van der Waals surface area contributed by atoms with E-state index in [0.29, 0.717) is 5.75 Å². The third kappa shape index (κ3) is 3.26. The van der Waals surface area contributed by atoms with Gasteiger partial charge in [-0.3, -0.25) is 0 Å². The fourth-order valence-electron chi connectivity index (χ4n) is 3.72. The number of rotatable bonds is 4. The van der Waals surface area contributed by atoms with Crippen LogP contribution in [0.25, 0.3) is 10.8 Å². The summed E-state index contributed by atoms with van der Waals surface area (Å²) in [7, 11) is 4.08. The van der Waals surface area contributed by atoms with E-state index in [1.807, 2.05) is 44.4 Å². The van der Waals surface area contributed by atoms with Gasteiger partial charge in [0, 0.05) is 31.3 Å². The summed E-state index contributed by atoms with van der Waals surface area (Å²) < 4.78 is 0. The molecule has 4 aromatic carbocycles. The monoisotopic (exact) mass is 353 g/mol. The third-order valence-electron chi connectivity index (χ3n) is 5.11. The summed E-state index contributed by atoms with van der Waals surface area (Å²) in [6.45, 7) is 0. The Kier molecular flexibility index (Phi) is 4.55. The van der Waals surface area contributed by atoms with E-state index in [2.05, 4.69) is 65.6 Å². The molecular formula is C25H23NO. The highest BCUT2D eigenvalue weighted by atomic mass is 16.3. The molecule has 0 saturated carbocycles. The largest absolute Gasteiger partial charge is 0.508 e. The fourth-order valence-corrected chi connectivity index (χ4v) is 3.72. The maximum atomic E-state index is 10.8. The predicted molar refractivity (Wildman–Crippen MR) is 114 cm³/mol. The van der Waals surface area contributed by atoms with Crippen molar-refractivity contribution >= 4 is 16.5 Å². The first-order chi connectivity index (χ1) is 13.1. The molecule has 0 aliphatic heterocycles. The van der Waals surface area contributed by atoms with Crippen molar-refractivity contribution in [1.82, 2.24) is 0 Å². The minimum atomic E-state index is -0.0338. The Labute approximate surface area is 160 Å². The van der Waals surface area contributed by atoms with Crippen molar-refractivity contribution in [1.29, 1.82) is 0 Å². The van der Waals surface area contributed by atoms with Crippen molar-refractivity contribution in [2.45, 2.75) is 5.92 Å². The molecule has 0 unspecified atom stereocenters. The molecule has 2 nitrogen and oxygen atoms in total. The molecule has 0 heterocycles. The van der Waals surface area contributed by atoms with Gasteiger partial charge >= 0.3 is 0 Å². The van der Waals surface area contributed by atoms with Crippen molar-refractivity contribution in [3.63, 3.8) is 0 Å². The van der Waals surface area contributed by atoms with Gasteiger partial charge in [-0.1, -0.05) is 72.8 Å². The first kappa shape index (κ1) is 17.2. The van der Waals surface area contributed by atoms with Crippen LogP contribution in [0.15, 0.2) is 91.0 Å². The Morgan fingerprint density at radius 2 is 1.30 bits per heavy atom. The topological polar surface area (TPSA) is 23.5 Å². The van der Waals surface area contributed by atoms with E-state index >= 15 is 0 Å². The molecule has 134 valence electrons. The quantitative estimate of drug-likeness (QED) is 0.469. The predicted octanol–water partition coefficient (Wildman–Crippen LogP) is 5.79. The first-order valence-corrected chi connectivity index (χ1v) is 9.18. The third-order valence-corrected chi connectivity index (χ3v) is 5.11. The number of nitrogens with zero attached hydrogens (tertiary/aromatic N) is 1. The summed E-state index contributed by atoms with van der Waals surface area (Å²) in [5.41, 5.74) is 4.45. The zero-order valence-electron chi connectivity index (χ0n) is 15.6. The molecule has 2 heteroatoms. The van der Waals surface area contributed by atoms with Gasteiger partial charge in [0.2, 0.25) is 0 Å². The van der Waals surface area contributed by atoms with Gasteiger partial charge in [-0.05, 0) is 40.1 Å². The van der Waals surface area contributed by atoms with Crippen LogP contribution in [0.2, 0.25) is 0 Å². The molecule has 0 fully saturated rings. The lowest BCUT2D eigenvalue weighted by Crippen LogP contribution is -2.09. The lowest BCUT2D eigenvalue weighted by molar-refractivity contribution is 0.468. The number of hydrogen-bond acceptors (Lipinski definition) is 2. The van der Waals surface area contributed by atoms with E-state index < -0.39 is 0 Å². The van der Waals surface area contributed by atoms with Crippen LogP contribution in [-0.4, -0.2) is 19.2 Å². The molecule has 0 amide bonds. The fraction of sp³-hybridized carbons (Fsp3) is 0.120. The summed E-state index contributed by atoms with van der Waals surface area (Å²) >= 11 is 0. The summed E-state index contributed by atoms with van der Waals surface area (Å²) in [4.78, 5) is 2.09. The SMILES string of the molecule is CN(C)c1ccc([C@H](c2ccccc2)c2c(O)ccc3ccccc23)cc1. The number of phenols is 1. The average Bonchev–Trinajstić information content (AvgIpc) is 2.71. The lowest BCUT2D eigenvalue weighted by atomic mass is 9.82. The van der Waals surface area contributed by atoms with Crippen molar-refractivity contribution in [2.75, 3.05) is 19.0 Å². The Morgan fingerprint density at radius 3 is 2.00 bits per heavy atom. The molecule has 0 saturated heterocycles. The highest BCUT2D eigenvalue weighted by molar-refractivity contribution is 5.89. The van der Waals surface area contributed by atoms with Gasteiger partial charge in [0.1, 0.15) is 5.75 Å². The maximum absolute atomic E-state index is 10.8. The normalized spacial score (nSPS) is 12.1. The number of anilines is 1. The number of hydrogen-bond donors (Lipinski definition) is 1. The number of phenolic OH excluding ortho intramolecular Hbond substituents is 1. The molecule has 4 aromatic rings. The van der Waals surface area contributed by atoms with Gasteiger partial charge in [-0.15, -0.1) is 0 Å². The highest BCUT2D eigenvalue weighted by Crippen LogP contribution is 2.41. The minimum absolute atomic E-state index is 0.0338. The van der Waals surface area contributed by atoms with Crippen molar-refractivity contribution in [2.24, 2.45) is 0 Å². The van der Waals surface area contributed by atoms with Crippen LogP contribution in [0.5, 0.6) is 5.75 Å². The summed E-state index contributed by atoms with van der Waals surface area (Å²) in [6.07, 6.45) is 0. The van der Waals surface area contributed by atoms with E-state index in [4.69, 9.17) is 0 Å². The Hall–Kier alpha value is -3.26. The van der Waals surface area contributed by atoms with E-state index in [1.54, 1.807) is 0 Å². The number of fused-ring (bicyclic) bond motifs is 1. The van der Waals surface area contributed by atoms with Crippen molar-refractivity contribution < 1.29 is 5.11 Å². The Bertz CT molecular complexity index is 1050. The molecule has 1 atom stereocenters. The van der Waals surface area contributed by atoms with Gasteiger partial charge in [-0.2, -0.15) is 0 Å². The van der Waals surface area contributed by atoms with Crippen molar-refractivity contribution in [3.8, 4) is 5.75 Å². The molecule has 27 heavy (non-hydrogen) atoms. The molecule has 0 bridgehead atoms. The Balaban J connectivity index is 1.96. The molecule has 1 N–H and O–H groups in total. The van der Waals surface area contributed by atoms with Gasteiger partial charge in [0.05, 0.1) is 0 Å². The van der Waals surface area contributed by atoms with Gasteiger partial charge in [-0.25, -0.2) is 0 Å². The minimum Gasteiger partial charge on any atom is -0.508 e. The van der Waals surface area contributed by atoms with Crippen LogP contribution in [0.4, 0.5) is 5.69 Å². The van der Waals surface area contributed by atoms with Crippen LogP contribution in [0.1, 0.15) is 22.6 Å². The van der Waals surface area contributed by atoms with E-state index in [0.717, 1.165) is 22.0 Å². The highest BCUT2D eigenvalue weighted by Gasteiger charge is 2.22. The second-order valence-corrected chi connectivity index (χ2v) is 7.05. The second kappa shape index (κ2) is 7.16. The standard InChI is InChI=1S/C25H23NO/c1-26(2)21-15-12-20(13-16-21)24(19-9-4-3-5-10-19)25-22-11-7-6-8-18(22)14-17-23(25)27/h3-17,24,27H,1-2H3/t24-/m0/s1. The molecule has 0 aromatic heterocycles. The molecule has 0 aliphatic rings. The average molecular weight is 353 g/mol. The second-order valence-electron chi connectivity index (χ2n) is 7.05. The zero-order chi connectivity index (χ0) is 18.8. The number of aromatic hydroxyl groups is 1. The summed E-state index contributed by atoms with van der Waals surface area (Å²) in [5, 5.41) is 13.1. The summed E-state index contributed by atoms with van der Waals surface area (Å²) in [5.74, 6) is 0.299.